The number of aromatic amines is 1. The molecule has 0 unspecified atom stereocenters. The van der Waals surface area contributed by atoms with E-state index in [1.165, 1.54) is 0 Å². The average molecular weight is 325 g/mol. The lowest BCUT2D eigenvalue weighted by Crippen LogP contribution is -2.23. The smallest absolute Gasteiger partial charge is 0.302 e. The number of hydrogen-bond acceptors (Lipinski definition) is 5. The van der Waals surface area contributed by atoms with Gasteiger partial charge in [0, 0.05) is 36.6 Å². The molecule has 4 rings (SSSR count). The minimum atomic E-state index is -1.27. The van der Waals surface area contributed by atoms with Crippen molar-refractivity contribution < 1.29 is 9.18 Å². The van der Waals surface area contributed by atoms with Gasteiger partial charge in [-0.25, -0.2) is 15.0 Å². The molecular formula is C17H16FN5O. The van der Waals surface area contributed by atoms with Crippen LogP contribution < -0.4 is 0 Å². The van der Waals surface area contributed by atoms with E-state index in [0.29, 0.717) is 25.3 Å². The van der Waals surface area contributed by atoms with Crippen LogP contribution >= 0.6 is 0 Å². The highest BCUT2D eigenvalue weighted by Crippen LogP contribution is 2.30. The van der Waals surface area contributed by atoms with Gasteiger partial charge in [-0.15, -0.1) is 0 Å². The molecule has 0 saturated carbocycles. The van der Waals surface area contributed by atoms with E-state index in [0.717, 1.165) is 33.4 Å². The van der Waals surface area contributed by atoms with Gasteiger partial charge in [0.2, 0.25) is 0 Å². The van der Waals surface area contributed by atoms with Crippen molar-refractivity contribution in [2.75, 3.05) is 19.6 Å². The number of halogens is 1. The standard InChI is InChI=1S/C17H16FN5O/c1-10-21-13-8-20-17-12(2-5-19-17)15(13)16(22-10)11-3-6-23(9-11)7-4-14(18)24/h2-3,5,8H,4,6-7,9H2,1H3,(H,21,22). The Bertz CT molecular complexity index is 978. The molecule has 0 aliphatic carbocycles. The molecule has 0 atom stereocenters. The van der Waals surface area contributed by atoms with Gasteiger partial charge in [0.15, 0.2) is 5.65 Å². The van der Waals surface area contributed by atoms with Crippen LogP contribution in [0, 0.1) is 6.92 Å². The maximum Gasteiger partial charge on any atom is 0.302 e. The average Bonchev–Trinajstić information content (AvgIpc) is 3.20. The Kier molecular flexibility index (Phi) is 3.57. The monoisotopic (exact) mass is 325 g/mol. The van der Waals surface area contributed by atoms with E-state index in [1.54, 1.807) is 12.4 Å². The summed E-state index contributed by atoms with van der Waals surface area (Å²) in [6.45, 7) is 3.67. The minimum Gasteiger partial charge on any atom is -0.342 e. The van der Waals surface area contributed by atoms with Crippen molar-refractivity contribution >= 4 is 33.5 Å². The van der Waals surface area contributed by atoms with Crippen LogP contribution in [-0.2, 0) is 4.79 Å². The van der Waals surface area contributed by atoms with E-state index in [2.05, 4.69) is 21.0 Å². The van der Waals surface area contributed by atoms with Crippen LogP contribution in [0.1, 0.15) is 17.9 Å². The molecule has 0 bridgehead atoms. The third-order valence-electron chi connectivity index (χ3n) is 4.28. The number of carbonyl (C=O) groups excluding carboxylic acids is 1. The molecule has 122 valence electrons. The zero-order valence-corrected chi connectivity index (χ0v) is 13.2. The molecule has 1 aliphatic rings. The largest absolute Gasteiger partial charge is 0.342 e. The normalized spacial score (nSPS) is 15.3. The Morgan fingerprint density at radius 1 is 1.42 bits per heavy atom. The van der Waals surface area contributed by atoms with Gasteiger partial charge in [-0.05, 0) is 18.6 Å². The van der Waals surface area contributed by atoms with Crippen LogP contribution in [0.15, 0.2) is 24.5 Å². The second-order valence-electron chi connectivity index (χ2n) is 5.97. The van der Waals surface area contributed by atoms with Gasteiger partial charge < -0.3 is 4.98 Å². The minimum absolute atomic E-state index is 0.0716. The topological polar surface area (TPSA) is 74.8 Å². The summed E-state index contributed by atoms with van der Waals surface area (Å²) < 4.78 is 12.5. The Balaban J connectivity index is 1.76. The lowest BCUT2D eigenvalue weighted by atomic mass is 10.1. The summed E-state index contributed by atoms with van der Waals surface area (Å²) in [7, 11) is 0. The van der Waals surface area contributed by atoms with Gasteiger partial charge in [0.1, 0.15) is 5.82 Å². The first-order valence-corrected chi connectivity index (χ1v) is 7.82. The fourth-order valence-electron chi connectivity index (χ4n) is 3.19. The molecule has 1 aliphatic heterocycles. The molecule has 24 heavy (non-hydrogen) atoms. The van der Waals surface area contributed by atoms with Crippen LogP contribution in [-0.4, -0.2) is 50.5 Å². The van der Waals surface area contributed by atoms with Crippen molar-refractivity contribution in [3.8, 4) is 0 Å². The van der Waals surface area contributed by atoms with Crippen molar-refractivity contribution in [1.82, 2.24) is 24.8 Å². The molecule has 0 saturated heterocycles. The fraction of sp³-hybridized carbons (Fsp3) is 0.294. The second kappa shape index (κ2) is 5.76. The summed E-state index contributed by atoms with van der Waals surface area (Å²) in [5, 5.41) is 1.96. The van der Waals surface area contributed by atoms with Crippen LogP contribution in [0.5, 0.6) is 0 Å². The highest BCUT2D eigenvalue weighted by atomic mass is 19.1. The molecule has 0 fully saturated rings. The van der Waals surface area contributed by atoms with Gasteiger partial charge in [-0.2, -0.15) is 4.39 Å². The van der Waals surface area contributed by atoms with Gasteiger partial charge >= 0.3 is 6.04 Å². The lowest BCUT2D eigenvalue weighted by Gasteiger charge is -2.15. The summed E-state index contributed by atoms with van der Waals surface area (Å²) >= 11 is 0. The van der Waals surface area contributed by atoms with E-state index in [-0.39, 0.29) is 6.42 Å². The summed E-state index contributed by atoms with van der Waals surface area (Å²) in [6.07, 6.45) is 5.53. The highest BCUT2D eigenvalue weighted by Gasteiger charge is 2.21. The Labute approximate surface area is 137 Å². The maximum atomic E-state index is 12.5. The third-order valence-corrected chi connectivity index (χ3v) is 4.28. The lowest BCUT2D eigenvalue weighted by molar-refractivity contribution is -0.129. The van der Waals surface area contributed by atoms with Crippen molar-refractivity contribution in [1.29, 1.82) is 0 Å². The van der Waals surface area contributed by atoms with Gasteiger partial charge in [-0.3, -0.25) is 9.69 Å². The van der Waals surface area contributed by atoms with E-state index >= 15 is 0 Å². The number of rotatable bonds is 4. The van der Waals surface area contributed by atoms with Crippen LogP contribution in [0.3, 0.4) is 0 Å². The molecule has 6 nitrogen and oxygen atoms in total. The fourth-order valence-corrected chi connectivity index (χ4v) is 3.19. The summed E-state index contributed by atoms with van der Waals surface area (Å²) in [6, 6.07) is 0.668. The Morgan fingerprint density at radius 2 is 2.29 bits per heavy atom. The van der Waals surface area contributed by atoms with Crippen molar-refractivity contribution in [2.24, 2.45) is 0 Å². The molecule has 0 aromatic carbocycles. The molecule has 7 heteroatoms. The van der Waals surface area contributed by atoms with Crippen molar-refractivity contribution in [3.05, 3.63) is 36.1 Å². The van der Waals surface area contributed by atoms with Gasteiger partial charge in [0.25, 0.3) is 0 Å². The zero-order chi connectivity index (χ0) is 16.7. The number of H-pyrrole nitrogens is 1. The predicted molar refractivity (Wildman–Crippen MR) is 89.1 cm³/mol. The molecule has 3 aromatic heterocycles. The molecule has 3 aromatic rings. The van der Waals surface area contributed by atoms with E-state index in [4.69, 9.17) is 4.98 Å². The predicted octanol–water partition coefficient (Wildman–Crippen LogP) is 2.40. The SMILES string of the molecule is Cc1nc(C2=CCN(CCC(=O)F)C2)c2c(cnc3nccc32)[nH]1. The summed E-state index contributed by atoms with van der Waals surface area (Å²) in [5.74, 6) is 0.802. The molecule has 0 amide bonds. The van der Waals surface area contributed by atoms with Crippen LogP contribution in [0.25, 0.3) is 27.5 Å². The summed E-state index contributed by atoms with van der Waals surface area (Å²) in [5.41, 5.74) is 3.59. The first kappa shape index (κ1) is 14.9. The number of fused-ring (bicyclic) bond motifs is 3. The van der Waals surface area contributed by atoms with E-state index in [1.807, 2.05) is 17.9 Å². The van der Waals surface area contributed by atoms with Crippen molar-refractivity contribution in [2.45, 2.75) is 13.3 Å². The van der Waals surface area contributed by atoms with Crippen LogP contribution in [0.4, 0.5) is 4.39 Å². The number of hydrogen-bond donors (Lipinski definition) is 1. The number of nitrogens with one attached hydrogen (secondary N) is 1. The second-order valence-corrected chi connectivity index (χ2v) is 5.97. The highest BCUT2D eigenvalue weighted by molar-refractivity contribution is 6.08. The quantitative estimate of drug-likeness (QED) is 0.746. The van der Waals surface area contributed by atoms with Gasteiger partial charge in [0.05, 0.1) is 23.8 Å². The number of carbonyl (C=O) groups is 1. The molecular weight excluding hydrogens is 309 g/mol. The van der Waals surface area contributed by atoms with E-state index < -0.39 is 6.04 Å². The summed E-state index contributed by atoms with van der Waals surface area (Å²) in [4.78, 5) is 29.2. The first-order chi connectivity index (χ1) is 11.6. The molecule has 0 radical (unpaired) electrons. The Hall–Kier alpha value is -2.67. The molecule has 0 spiro atoms. The number of pyridine rings is 1. The molecule has 4 heterocycles. The number of aryl methyl sites for hydroxylation is 1. The van der Waals surface area contributed by atoms with Gasteiger partial charge in [-0.1, -0.05) is 6.08 Å². The third kappa shape index (κ3) is 2.56. The molecule has 1 N–H and O–H groups in total. The number of nitrogens with zero attached hydrogens (tertiary/aromatic N) is 4. The van der Waals surface area contributed by atoms with E-state index in [9.17, 15) is 9.18 Å². The van der Waals surface area contributed by atoms with Crippen LogP contribution in [0.2, 0.25) is 0 Å². The Morgan fingerprint density at radius 3 is 3.12 bits per heavy atom. The first-order valence-electron chi connectivity index (χ1n) is 7.82. The number of aromatic nitrogens is 4. The van der Waals surface area contributed by atoms with Crippen molar-refractivity contribution in [3.63, 3.8) is 0 Å². The maximum absolute atomic E-state index is 12.5. The zero-order valence-electron chi connectivity index (χ0n) is 13.2.